The van der Waals surface area contributed by atoms with E-state index in [0.29, 0.717) is 0 Å². The van der Waals surface area contributed by atoms with Gasteiger partial charge in [-0.3, -0.25) is 0 Å². The van der Waals surface area contributed by atoms with Crippen LogP contribution in [-0.2, 0) is 33.0 Å². The minimum absolute atomic E-state index is 0. The summed E-state index contributed by atoms with van der Waals surface area (Å²) in [6.45, 7) is 0. The van der Waals surface area contributed by atoms with E-state index in [9.17, 15) is 0 Å². The standard InChI is InChI=1S/2C12H11P.2C5H5.2ClH.Fe.Pd/c2*1-3-7-11(8-4-1)13-12-9-5-2-6-10-12;2*1-2-4-5-3-1;;;;/h2*1-10,13H;2*1-5H;2*1H;;/q;;2*-1;;;2*+2/p-2. The molecule has 0 atom stereocenters. The monoisotopic (exact) mass is 734 g/mol. The first-order valence-electron chi connectivity index (χ1n) is 12.2. The molecule has 0 bridgehead atoms. The Hall–Kier alpha value is -1.80. The zero-order chi connectivity index (χ0) is 27.6. The molecule has 0 unspecified atom stereocenters. The van der Waals surface area contributed by atoms with Crippen molar-refractivity contribution in [3.8, 4) is 0 Å². The quantitative estimate of drug-likeness (QED) is 0.0965. The number of hydrogen-bond donors (Lipinski definition) is 0. The van der Waals surface area contributed by atoms with Crippen LogP contribution < -0.4 is 21.2 Å². The van der Waals surface area contributed by atoms with E-state index in [4.69, 9.17) is 19.1 Å². The van der Waals surface area contributed by atoms with Crippen LogP contribution in [0.15, 0.2) is 182 Å². The predicted molar refractivity (Wildman–Crippen MR) is 177 cm³/mol. The van der Waals surface area contributed by atoms with Crippen molar-refractivity contribution in [2.24, 2.45) is 0 Å². The summed E-state index contributed by atoms with van der Waals surface area (Å²) in [7, 11) is 11.2. The molecular formula is C34H32Cl2FeP2Pd. The van der Waals surface area contributed by atoms with Crippen LogP contribution in [-0.4, -0.2) is 0 Å². The largest absolute Gasteiger partial charge is 2.00 e. The summed E-state index contributed by atoms with van der Waals surface area (Å²) in [5.74, 6) is 0. The molecule has 6 rings (SSSR count). The second-order valence-electron chi connectivity index (χ2n) is 7.68. The molecule has 6 heteroatoms. The van der Waals surface area contributed by atoms with Gasteiger partial charge in [0.25, 0.3) is 0 Å². The summed E-state index contributed by atoms with van der Waals surface area (Å²) in [6.07, 6.45) is 0. The molecule has 0 aromatic heterocycles. The Labute approximate surface area is 270 Å². The van der Waals surface area contributed by atoms with Crippen LogP contribution in [0.1, 0.15) is 0 Å². The first-order valence-corrected chi connectivity index (χ1v) is 18.2. The molecule has 40 heavy (non-hydrogen) atoms. The van der Waals surface area contributed by atoms with Gasteiger partial charge in [-0.05, 0) is 21.2 Å². The molecule has 6 aromatic rings. The molecule has 0 aliphatic carbocycles. The Morgan fingerprint density at radius 3 is 0.725 bits per heavy atom. The molecular weight excluding hydrogens is 703 g/mol. The van der Waals surface area contributed by atoms with Crippen LogP contribution in [0.25, 0.3) is 0 Å². The second-order valence-corrected chi connectivity index (χ2v) is 12.9. The first-order chi connectivity index (χ1) is 19.3. The van der Waals surface area contributed by atoms with Gasteiger partial charge in [-0.2, -0.15) is 36.4 Å². The molecule has 0 radical (unpaired) electrons. The van der Waals surface area contributed by atoms with Crippen molar-refractivity contribution < 1.29 is 33.0 Å². The fourth-order valence-corrected chi connectivity index (χ4v) is 5.16. The summed E-state index contributed by atoms with van der Waals surface area (Å²) < 4.78 is 0. The van der Waals surface area contributed by atoms with Crippen LogP contribution in [0, 0.1) is 0 Å². The first kappa shape index (κ1) is 36.2. The summed E-state index contributed by atoms with van der Waals surface area (Å²) in [4.78, 5) is 0. The third kappa shape index (κ3) is 19.3. The van der Waals surface area contributed by atoms with Crippen LogP contribution in [0.4, 0.5) is 0 Å². The number of halogens is 2. The molecule has 0 nitrogen and oxygen atoms in total. The molecule has 0 spiro atoms. The van der Waals surface area contributed by atoms with Crippen molar-refractivity contribution in [1.82, 2.24) is 0 Å². The number of rotatable bonds is 4. The maximum absolute atomic E-state index is 4.81. The Kier molecular flexibility index (Phi) is 23.7. The van der Waals surface area contributed by atoms with E-state index < -0.39 is 0 Å². The van der Waals surface area contributed by atoms with Crippen molar-refractivity contribution in [2.45, 2.75) is 0 Å². The Bertz CT molecular complexity index is 1060. The van der Waals surface area contributed by atoms with Gasteiger partial charge in [-0.15, -0.1) is 0 Å². The Balaban J connectivity index is 0.000000275. The van der Waals surface area contributed by atoms with E-state index in [2.05, 4.69) is 121 Å². The maximum atomic E-state index is 4.81. The van der Waals surface area contributed by atoms with E-state index in [0.717, 1.165) is 17.2 Å². The second kappa shape index (κ2) is 26.1. The predicted octanol–water partition coefficient (Wildman–Crippen LogP) is 8.82. The molecule has 0 fully saturated rings. The van der Waals surface area contributed by atoms with Gasteiger partial charge in [0.2, 0.25) is 0 Å². The summed E-state index contributed by atoms with van der Waals surface area (Å²) >= 11 is -0.106. The van der Waals surface area contributed by atoms with Crippen LogP contribution in [0.5, 0.6) is 0 Å². The Morgan fingerprint density at radius 2 is 0.575 bits per heavy atom. The number of hydrogen-bond acceptors (Lipinski definition) is 0. The SMILES string of the molecule is [Cl][Pd][Cl].[Fe+2].c1cc[cH-]c1.c1cc[cH-]c1.c1ccc(Pc2ccccc2)cc1.c1ccc(Pc2ccccc2)cc1. The van der Waals surface area contributed by atoms with Gasteiger partial charge in [0.1, 0.15) is 0 Å². The van der Waals surface area contributed by atoms with Crippen molar-refractivity contribution in [3.05, 3.63) is 182 Å². The van der Waals surface area contributed by atoms with Gasteiger partial charge in [0.15, 0.2) is 0 Å². The number of benzene rings is 4. The van der Waals surface area contributed by atoms with Gasteiger partial charge < -0.3 is 0 Å². The van der Waals surface area contributed by atoms with Gasteiger partial charge in [-0.1, -0.05) is 138 Å². The normalized spacial score (nSPS) is 8.95. The van der Waals surface area contributed by atoms with Crippen molar-refractivity contribution in [3.63, 3.8) is 0 Å². The van der Waals surface area contributed by atoms with E-state index in [1.54, 1.807) is 0 Å². The zero-order valence-corrected chi connectivity index (χ0v) is 27.9. The van der Waals surface area contributed by atoms with Crippen molar-refractivity contribution in [1.29, 1.82) is 0 Å². The minimum atomic E-state index is -0.106. The van der Waals surface area contributed by atoms with E-state index >= 15 is 0 Å². The minimum Gasteiger partial charge on any atom is -0.214 e. The third-order valence-electron chi connectivity index (χ3n) is 4.78. The summed E-state index contributed by atoms with van der Waals surface area (Å²) in [5, 5.41) is 5.59. The fourth-order valence-electron chi connectivity index (χ4n) is 3.06. The molecule has 0 saturated carbocycles. The van der Waals surface area contributed by atoms with Crippen LogP contribution in [0.2, 0.25) is 0 Å². The van der Waals surface area contributed by atoms with E-state index in [1.165, 1.54) is 21.2 Å². The van der Waals surface area contributed by atoms with Gasteiger partial charge in [-0.25, -0.2) is 24.3 Å². The smallest absolute Gasteiger partial charge is 0.214 e. The summed E-state index contributed by atoms with van der Waals surface area (Å²) in [5.41, 5.74) is 0. The molecule has 0 amide bonds. The van der Waals surface area contributed by atoms with Crippen molar-refractivity contribution >= 4 is 57.4 Å². The summed E-state index contributed by atoms with van der Waals surface area (Å²) in [6, 6.07) is 62.3. The van der Waals surface area contributed by atoms with E-state index in [-0.39, 0.29) is 33.0 Å². The maximum Gasteiger partial charge on any atom is 2.00 e. The van der Waals surface area contributed by atoms with Crippen LogP contribution >= 0.6 is 36.2 Å². The molecule has 0 N–H and O–H groups in total. The molecule has 0 saturated heterocycles. The molecule has 0 aliphatic heterocycles. The van der Waals surface area contributed by atoms with E-state index in [1.807, 2.05) is 60.7 Å². The van der Waals surface area contributed by atoms with Gasteiger partial charge in [0.05, 0.1) is 0 Å². The Morgan fingerprint density at radius 1 is 0.375 bits per heavy atom. The fraction of sp³-hybridized carbons (Fsp3) is 0. The van der Waals surface area contributed by atoms with Crippen molar-refractivity contribution in [2.75, 3.05) is 0 Å². The van der Waals surface area contributed by atoms with Crippen LogP contribution in [0.3, 0.4) is 0 Å². The molecule has 6 aromatic carbocycles. The topological polar surface area (TPSA) is 0 Å². The molecule has 0 aliphatic rings. The average Bonchev–Trinajstić information content (AvgIpc) is 3.77. The zero-order valence-electron chi connectivity index (χ0n) is 21.7. The van der Waals surface area contributed by atoms with Gasteiger partial charge in [0, 0.05) is 0 Å². The average molecular weight is 736 g/mol. The molecule has 0 heterocycles. The molecule has 210 valence electrons. The van der Waals surface area contributed by atoms with Gasteiger partial charge >= 0.3 is 52.1 Å². The third-order valence-corrected chi connectivity index (χ3v) is 7.27.